The Hall–Kier alpha value is -2.64. The first-order chi connectivity index (χ1) is 10.4. The molecule has 1 aliphatic rings. The number of carboxylic acid groups (broad SMARTS) is 1. The zero-order valence-electron chi connectivity index (χ0n) is 11.7. The number of benzene rings is 1. The van der Waals surface area contributed by atoms with Crippen molar-refractivity contribution in [3.63, 3.8) is 0 Å². The molecule has 1 aromatic rings. The summed E-state index contributed by atoms with van der Waals surface area (Å²) in [6, 6.07) is 2.03. The number of carbonyl (C=O) groups excluding carboxylic acids is 1. The van der Waals surface area contributed by atoms with Crippen LogP contribution in [-0.4, -0.2) is 48.2 Å². The predicted octanol–water partition coefficient (Wildman–Crippen LogP) is 1.89. The van der Waals surface area contributed by atoms with E-state index in [1.807, 2.05) is 0 Å². The number of anilines is 2. The van der Waals surface area contributed by atoms with E-state index in [4.69, 9.17) is 5.11 Å². The van der Waals surface area contributed by atoms with Gasteiger partial charge in [-0.05, 0) is 18.2 Å². The molecule has 118 valence electrons. The average Bonchev–Trinajstić information content (AvgIpc) is 2.47. The summed E-state index contributed by atoms with van der Waals surface area (Å²) in [5, 5.41) is 11.1. The maximum absolute atomic E-state index is 14.1. The third kappa shape index (κ3) is 3.33. The van der Waals surface area contributed by atoms with Crippen LogP contribution in [0, 0.1) is 11.6 Å². The Kier molecular flexibility index (Phi) is 4.59. The molecule has 0 bridgehead atoms. The van der Waals surface area contributed by atoms with E-state index in [-0.39, 0.29) is 37.6 Å². The SMILES string of the molecule is C=CC(=O)Nc1cc(F)c(N2CCN(C(=O)O)CC2)c(F)c1. The van der Waals surface area contributed by atoms with Crippen LogP contribution in [0.4, 0.5) is 25.0 Å². The molecule has 0 unspecified atom stereocenters. The Bertz CT molecular complexity index is 590. The molecule has 1 heterocycles. The van der Waals surface area contributed by atoms with Gasteiger partial charge < -0.3 is 20.2 Å². The number of nitrogens with one attached hydrogen (secondary N) is 1. The summed E-state index contributed by atoms with van der Waals surface area (Å²) in [5.41, 5.74) is -0.227. The minimum atomic E-state index is -1.05. The fraction of sp³-hybridized carbons (Fsp3) is 0.286. The van der Waals surface area contributed by atoms with Crippen molar-refractivity contribution in [3.05, 3.63) is 36.4 Å². The maximum Gasteiger partial charge on any atom is 0.407 e. The third-order valence-electron chi connectivity index (χ3n) is 3.34. The van der Waals surface area contributed by atoms with Crippen molar-refractivity contribution >= 4 is 23.4 Å². The molecule has 0 aromatic heterocycles. The second-order valence-corrected chi connectivity index (χ2v) is 4.74. The minimum absolute atomic E-state index is 0.00665. The van der Waals surface area contributed by atoms with Crippen molar-refractivity contribution < 1.29 is 23.5 Å². The van der Waals surface area contributed by atoms with Crippen LogP contribution in [0.2, 0.25) is 0 Å². The molecular formula is C14H15F2N3O3. The van der Waals surface area contributed by atoms with Crippen LogP contribution in [0.15, 0.2) is 24.8 Å². The van der Waals surface area contributed by atoms with E-state index in [2.05, 4.69) is 11.9 Å². The summed E-state index contributed by atoms with van der Waals surface area (Å²) in [4.78, 5) is 24.6. The second-order valence-electron chi connectivity index (χ2n) is 4.74. The standard InChI is InChI=1S/C14H15F2N3O3/c1-2-12(20)17-9-7-10(15)13(11(16)8-9)18-3-5-19(6-4-18)14(21)22/h2,7-8H,1,3-6H2,(H,17,20)(H,21,22). The molecule has 2 N–H and O–H groups in total. The topological polar surface area (TPSA) is 72.9 Å². The van der Waals surface area contributed by atoms with Crippen LogP contribution in [0.1, 0.15) is 0 Å². The van der Waals surface area contributed by atoms with E-state index in [0.717, 1.165) is 18.2 Å². The highest BCUT2D eigenvalue weighted by Gasteiger charge is 2.25. The summed E-state index contributed by atoms with van der Waals surface area (Å²) in [6.07, 6.45) is -0.0578. The number of hydrogen-bond donors (Lipinski definition) is 2. The zero-order valence-corrected chi connectivity index (χ0v) is 11.7. The van der Waals surface area contributed by atoms with Gasteiger partial charge in [-0.25, -0.2) is 13.6 Å². The number of rotatable bonds is 3. The van der Waals surface area contributed by atoms with Gasteiger partial charge in [0.1, 0.15) is 5.69 Å². The number of nitrogens with zero attached hydrogens (tertiary/aromatic N) is 2. The Morgan fingerprint density at radius 1 is 1.18 bits per heavy atom. The van der Waals surface area contributed by atoms with Crippen molar-refractivity contribution in [3.8, 4) is 0 Å². The first-order valence-corrected chi connectivity index (χ1v) is 6.57. The van der Waals surface area contributed by atoms with Crippen molar-refractivity contribution in [2.75, 3.05) is 36.4 Å². The summed E-state index contributed by atoms with van der Waals surface area (Å²) in [6.45, 7) is 3.98. The molecule has 22 heavy (non-hydrogen) atoms. The lowest BCUT2D eigenvalue weighted by atomic mass is 10.2. The van der Waals surface area contributed by atoms with Gasteiger partial charge in [-0.3, -0.25) is 4.79 Å². The monoisotopic (exact) mass is 311 g/mol. The van der Waals surface area contributed by atoms with E-state index in [1.165, 1.54) is 9.80 Å². The first-order valence-electron chi connectivity index (χ1n) is 6.57. The average molecular weight is 311 g/mol. The lowest BCUT2D eigenvalue weighted by Crippen LogP contribution is -2.48. The maximum atomic E-state index is 14.1. The van der Waals surface area contributed by atoms with Crippen LogP contribution < -0.4 is 10.2 Å². The Labute approximate surface area is 125 Å². The molecule has 0 saturated carbocycles. The first kappa shape index (κ1) is 15.7. The van der Waals surface area contributed by atoms with E-state index >= 15 is 0 Å². The van der Waals surface area contributed by atoms with Gasteiger partial charge in [0.25, 0.3) is 0 Å². The smallest absolute Gasteiger partial charge is 0.407 e. The minimum Gasteiger partial charge on any atom is -0.465 e. The zero-order chi connectivity index (χ0) is 16.3. The van der Waals surface area contributed by atoms with Crippen LogP contribution in [0.5, 0.6) is 0 Å². The summed E-state index contributed by atoms with van der Waals surface area (Å²) in [7, 11) is 0. The van der Waals surface area contributed by atoms with E-state index in [0.29, 0.717) is 0 Å². The van der Waals surface area contributed by atoms with Gasteiger partial charge in [0.15, 0.2) is 11.6 Å². The highest BCUT2D eigenvalue weighted by molar-refractivity contribution is 5.99. The quantitative estimate of drug-likeness (QED) is 0.836. The molecule has 0 spiro atoms. The van der Waals surface area contributed by atoms with Crippen molar-refractivity contribution in [1.29, 1.82) is 0 Å². The predicted molar refractivity (Wildman–Crippen MR) is 77.0 cm³/mol. The summed E-state index contributed by atoms with van der Waals surface area (Å²) in [5.74, 6) is -2.20. The van der Waals surface area contributed by atoms with Gasteiger partial charge >= 0.3 is 6.09 Å². The summed E-state index contributed by atoms with van der Waals surface area (Å²) >= 11 is 0. The van der Waals surface area contributed by atoms with Crippen LogP contribution in [0.3, 0.4) is 0 Å². The molecule has 2 rings (SSSR count). The molecule has 1 saturated heterocycles. The van der Waals surface area contributed by atoms with Gasteiger partial charge in [0.05, 0.1) is 0 Å². The fourth-order valence-corrected chi connectivity index (χ4v) is 2.25. The second kappa shape index (κ2) is 6.42. The fourth-order valence-electron chi connectivity index (χ4n) is 2.25. The molecule has 0 aliphatic carbocycles. The Morgan fingerprint density at radius 3 is 2.18 bits per heavy atom. The van der Waals surface area contributed by atoms with E-state index in [1.54, 1.807) is 0 Å². The van der Waals surface area contributed by atoms with Crippen LogP contribution in [-0.2, 0) is 4.79 Å². The molecule has 1 aromatic carbocycles. The molecule has 2 amide bonds. The normalized spacial score (nSPS) is 14.6. The van der Waals surface area contributed by atoms with Crippen molar-refractivity contribution in [1.82, 2.24) is 4.90 Å². The highest BCUT2D eigenvalue weighted by atomic mass is 19.1. The van der Waals surface area contributed by atoms with Crippen molar-refractivity contribution in [2.24, 2.45) is 0 Å². The number of amides is 2. The number of hydrogen-bond acceptors (Lipinski definition) is 3. The lowest BCUT2D eigenvalue weighted by Gasteiger charge is -2.34. The molecule has 0 radical (unpaired) electrons. The van der Waals surface area contributed by atoms with Gasteiger partial charge in [-0.1, -0.05) is 6.58 Å². The Balaban J connectivity index is 2.17. The van der Waals surface area contributed by atoms with Crippen molar-refractivity contribution in [2.45, 2.75) is 0 Å². The van der Waals surface area contributed by atoms with Gasteiger partial charge in [0, 0.05) is 31.9 Å². The van der Waals surface area contributed by atoms with E-state index in [9.17, 15) is 18.4 Å². The van der Waals surface area contributed by atoms with E-state index < -0.39 is 23.6 Å². The van der Waals surface area contributed by atoms with Gasteiger partial charge in [0.2, 0.25) is 5.91 Å². The number of piperazine rings is 1. The summed E-state index contributed by atoms with van der Waals surface area (Å²) < 4.78 is 28.2. The molecular weight excluding hydrogens is 296 g/mol. The molecule has 6 nitrogen and oxygen atoms in total. The molecule has 0 atom stereocenters. The van der Waals surface area contributed by atoms with Gasteiger partial charge in [-0.2, -0.15) is 0 Å². The molecule has 8 heteroatoms. The Morgan fingerprint density at radius 2 is 1.73 bits per heavy atom. The number of halogens is 2. The van der Waals surface area contributed by atoms with Gasteiger partial charge in [-0.15, -0.1) is 0 Å². The molecule has 1 aliphatic heterocycles. The largest absolute Gasteiger partial charge is 0.465 e. The van der Waals surface area contributed by atoms with Crippen LogP contribution in [0.25, 0.3) is 0 Å². The number of carbonyl (C=O) groups is 2. The molecule has 1 fully saturated rings. The lowest BCUT2D eigenvalue weighted by molar-refractivity contribution is -0.111. The highest BCUT2D eigenvalue weighted by Crippen LogP contribution is 2.28. The van der Waals surface area contributed by atoms with Crippen LogP contribution >= 0.6 is 0 Å². The third-order valence-corrected chi connectivity index (χ3v) is 3.34.